The molecule has 0 heterocycles. The van der Waals surface area contributed by atoms with Crippen molar-refractivity contribution in [3.63, 3.8) is 0 Å². The third-order valence-corrected chi connectivity index (χ3v) is 3.13. The van der Waals surface area contributed by atoms with Crippen molar-refractivity contribution in [1.82, 2.24) is 5.32 Å². The van der Waals surface area contributed by atoms with Crippen LogP contribution in [0.2, 0.25) is 5.02 Å². The Labute approximate surface area is 138 Å². The van der Waals surface area contributed by atoms with Gasteiger partial charge in [0, 0.05) is 14.2 Å². The quantitative estimate of drug-likeness (QED) is 0.449. The number of ether oxygens (including phenoxy) is 3. The van der Waals surface area contributed by atoms with Gasteiger partial charge in [-0.2, -0.15) is 0 Å². The molecule has 0 atom stereocenters. The summed E-state index contributed by atoms with van der Waals surface area (Å²) in [6, 6.07) is 4.16. The molecule has 0 aliphatic heterocycles. The molecule has 0 aromatic heterocycles. The molecule has 126 valence electrons. The van der Waals surface area contributed by atoms with Gasteiger partial charge in [0.1, 0.15) is 0 Å². The van der Waals surface area contributed by atoms with E-state index in [0.717, 1.165) is 0 Å². The lowest BCUT2D eigenvalue weighted by Gasteiger charge is -2.14. The van der Waals surface area contributed by atoms with E-state index in [1.807, 2.05) is 0 Å². The highest BCUT2D eigenvalue weighted by Gasteiger charge is 2.18. The highest BCUT2D eigenvalue weighted by Crippen LogP contribution is 2.23. The summed E-state index contributed by atoms with van der Waals surface area (Å²) < 4.78 is 14.3. The highest BCUT2D eigenvalue weighted by atomic mass is 35.5. The molecule has 0 unspecified atom stereocenters. The summed E-state index contributed by atoms with van der Waals surface area (Å²) in [7, 11) is 4.03. The minimum absolute atomic E-state index is 0.00478. The molecule has 0 radical (unpaired) electrons. The fraction of sp³-hybridized carbons (Fsp3) is 0.357. The summed E-state index contributed by atoms with van der Waals surface area (Å²) in [5.41, 5.74) is 0.302. The number of esters is 1. The Kier molecular flexibility index (Phi) is 7.46. The normalized spacial score (nSPS) is 10.3. The van der Waals surface area contributed by atoms with Crippen molar-refractivity contribution in [2.24, 2.45) is 0 Å². The Morgan fingerprint density at radius 1 is 1.13 bits per heavy atom. The second-order valence-corrected chi connectivity index (χ2v) is 4.66. The predicted molar refractivity (Wildman–Crippen MR) is 82.2 cm³/mol. The fourth-order valence-electron chi connectivity index (χ4n) is 1.56. The Hall–Kier alpha value is -2.16. The van der Waals surface area contributed by atoms with Crippen LogP contribution in [0.4, 0.5) is 5.69 Å². The van der Waals surface area contributed by atoms with Gasteiger partial charge in [0.25, 0.3) is 0 Å². The molecule has 1 aromatic carbocycles. The summed E-state index contributed by atoms with van der Waals surface area (Å²) in [5.74, 6) is -2.44. The van der Waals surface area contributed by atoms with Crippen LogP contribution in [0, 0.1) is 0 Å². The first kappa shape index (κ1) is 18.9. The SMILES string of the molecule is COC(=O)c1ccc(Cl)c(NC(=O)C(=O)NCC(OC)OC)c1. The predicted octanol–water partition coefficient (Wildman–Crippen LogP) is 0.800. The van der Waals surface area contributed by atoms with Crippen LogP contribution < -0.4 is 10.6 Å². The maximum absolute atomic E-state index is 11.8. The van der Waals surface area contributed by atoms with Crippen molar-refractivity contribution in [2.75, 3.05) is 33.2 Å². The first-order valence-corrected chi connectivity index (χ1v) is 6.83. The van der Waals surface area contributed by atoms with Crippen LogP contribution in [0.1, 0.15) is 10.4 Å². The van der Waals surface area contributed by atoms with Crippen molar-refractivity contribution < 1.29 is 28.6 Å². The molecule has 0 saturated heterocycles. The fourth-order valence-corrected chi connectivity index (χ4v) is 1.73. The minimum atomic E-state index is -0.945. The number of amides is 2. The lowest BCUT2D eigenvalue weighted by molar-refractivity contribution is -0.139. The molecule has 1 aromatic rings. The summed E-state index contributed by atoms with van der Waals surface area (Å²) >= 11 is 5.93. The van der Waals surface area contributed by atoms with Crippen molar-refractivity contribution in [2.45, 2.75) is 6.29 Å². The first-order chi connectivity index (χ1) is 10.9. The van der Waals surface area contributed by atoms with Crippen LogP contribution in [0.15, 0.2) is 18.2 Å². The third kappa shape index (κ3) is 5.51. The first-order valence-electron chi connectivity index (χ1n) is 6.45. The van der Waals surface area contributed by atoms with Crippen LogP contribution in [-0.2, 0) is 23.8 Å². The topological polar surface area (TPSA) is 103 Å². The van der Waals surface area contributed by atoms with E-state index >= 15 is 0 Å². The molecule has 0 aliphatic carbocycles. The third-order valence-electron chi connectivity index (χ3n) is 2.80. The Bertz CT molecular complexity index is 589. The number of halogens is 1. The van der Waals surface area contributed by atoms with Crippen LogP contribution >= 0.6 is 11.6 Å². The molecular formula is C14H17ClN2O6. The van der Waals surface area contributed by atoms with Gasteiger partial charge >= 0.3 is 17.8 Å². The molecule has 2 N–H and O–H groups in total. The van der Waals surface area contributed by atoms with Gasteiger partial charge in [-0.25, -0.2) is 4.79 Å². The number of benzene rings is 1. The van der Waals surface area contributed by atoms with Gasteiger partial charge in [-0.05, 0) is 18.2 Å². The molecule has 0 spiro atoms. The van der Waals surface area contributed by atoms with Gasteiger partial charge in [-0.15, -0.1) is 0 Å². The Morgan fingerprint density at radius 3 is 2.35 bits per heavy atom. The van der Waals surface area contributed by atoms with Gasteiger partial charge in [0.2, 0.25) is 0 Å². The summed E-state index contributed by atoms with van der Waals surface area (Å²) in [5, 5.41) is 4.83. The number of hydrogen-bond acceptors (Lipinski definition) is 6. The summed E-state index contributed by atoms with van der Waals surface area (Å²) in [4.78, 5) is 35.0. The number of carbonyl (C=O) groups excluding carboxylic acids is 3. The maximum atomic E-state index is 11.8. The number of anilines is 1. The number of hydrogen-bond donors (Lipinski definition) is 2. The van der Waals surface area contributed by atoms with Crippen LogP contribution in [0.5, 0.6) is 0 Å². The van der Waals surface area contributed by atoms with Gasteiger partial charge in [-0.1, -0.05) is 11.6 Å². The smallest absolute Gasteiger partial charge is 0.337 e. The summed E-state index contributed by atoms with van der Waals surface area (Å²) in [6.07, 6.45) is -0.669. The maximum Gasteiger partial charge on any atom is 0.337 e. The molecule has 23 heavy (non-hydrogen) atoms. The largest absolute Gasteiger partial charge is 0.465 e. The van der Waals surface area contributed by atoms with Crippen molar-refractivity contribution in [1.29, 1.82) is 0 Å². The zero-order valence-corrected chi connectivity index (χ0v) is 13.6. The van der Waals surface area contributed by atoms with E-state index in [9.17, 15) is 14.4 Å². The highest BCUT2D eigenvalue weighted by molar-refractivity contribution is 6.41. The monoisotopic (exact) mass is 344 g/mol. The van der Waals surface area contributed by atoms with E-state index < -0.39 is 24.1 Å². The van der Waals surface area contributed by atoms with Gasteiger partial charge in [0.05, 0.1) is 29.9 Å². The zero-order chi connectivity index (χ0) is 17.4. The average Bonchev–Trinajstić information content (AvgIpc) is 2.56. The van der Waals surface area contributed by atoms with Crippen molar-refractivity contribution >= 4 is 35.1 Å². The Balaban J connectivity index is 2.73. The van der Waals surface area contributed by atoms with Crippen molar-refractivity contribution in [3.8, 4) is 0 Å². The lowest BCUT2D eigenvalue weighted by Crippen LogP contribution is -2.40. The number of nitrogens with one attached hydrogen (secondary N) is 2. The van der Waals surface area contributed by atoms with Crippen molar-refractivity contribution in [3.05, 3.63) is 28.8 Å². The van der Waals surface area contributed by atoms with Crippen LogP contribution in [0.3, 0.4) is 0 Å². The molecule has 0 fully saturated rings. The van der Waals surface area contributed by atoms with Crippen LogP contribution in [-0.4, -0.2) is 51.9 Å². The van der Waals surface area contributed by atoms with Gasteiger partial charge in [0.15, 0.2) is 6.29 Å². The molecular weight excluding hydrogens is 328 g/mol. The summed E-state index contributed by atoms with van der Waals surface area (Å²) in [6.45, 7) is -0.00478. The van der Waals surface area contributed by atoms with E-state index in [4.69, 9.17) is 21.1 Å². The number of carbonyl (C=O) groups is 3. The number of methoxy groups -OCH3 is 3. The van der Waals surface area contributed by atoms with E-state index in [0.29, 0.717) is 0 Å². The minimum Gasteiger partial charge on any atom is -0.465 e. The van der Waals surface area contributed by atoms with Gasteiger partial charge in [-0.3, -0.25) is 9.59 Å². The van der Waals surface area contributed by atoms with Gasteiger partial charge < -0.3 is 24.8 Å². The second kappa shape index (κ2) is 9.09. The molecule has 2 amide bonds. The molecule has 1 rings (SSSR count). The number of rotatable bonds is 6. The lowest BCUT2D eigenvalue weighted by atomic mass is 10.2. The Morgan fingerprint density at radius 2 is 1.78 bits per heavy atom. The zero-order valence-electron chi connectivity index (χ0n) is 12.8. The second-order valence-electron chi connectivity index (χ2n) is 4.25. The van der Waals surface area contributed by atoms with E-state index in [1.54, 1.807) is 0 Å². The average molecular weight is 345 g/mol. The van der Waals surface area contributed by atoms with E-state index in [1.165, 1.54) is 39.5 Å². The standard InChI is InChI=1S/C14H17ClN2O6/c1-21-11(22-2)7-16-12(18)13(19)17-10-6-8(14(20)23-3)4-5-9(10)15/h4-6,11H,7H2,1-3H3,(H,16,18)(H,17,19). The van der Waals surface area contributed by atoms with E-state index in [2.05, 4.69) is 15.4 Å². The van der Waals surface area contributed by atoms with Crippen LogP contribution in [0.25, 0.3) is 0 Å². The molecule has 0 bridgehead atoms. The molecule has 0 saturated carbocycles. The van der Waals surface area contributed by atoms with E-state index in [-0.39, 0.29) is 22.8 Å². The molecule has 9 heteroatoms. The molecule has 8 nitrogen and oxygen atoms in total. The molecule has 0 aliphatic rings.